The van der Waals surface area contributed by atoms with Crippen molar-refractivity contribution in [3.63, 3.8) is 0 Å². The third kappa shape index (κ3) is 2.69. The van der Waals surface area contributed by atoms with Crippen molar-refractivity contribution in [3.05, 3.63) is 39.4 Å². The third-order valence-electron chi connectivity index (χ3n) is 3.25. The summed E-state index contributed by atoms with van der Waals surface area (Å²) in [6.07, 6.45) is 0. The van der Waals surface area contributed by atoms with Crippen LogP contribution in [0.5, 0.6) is 0 Å². The molecule has 1 unspecified atom stereocenters. The number of aryl methyl sites for hydroxylation is 3. The number of rotatable bonds is 3. The Morgan fingerprint density at radius 1 is 1.27 bits per heavy atom. The first kappa shape index (κ1) is 14.6. The summed E-state index contributed by atoms with van der Waals surface area (Å²) in [6, 6.07) is 1.70. The topological polar surface area (TPSA) is 85.1 Å². The van der Waals surface area contributed by atoms with E-state index in [-0.39, 0.29) is 17.8 Å². The molecule has 1 amide bonds. The molecule has 0 spiro atoms. The summed E-state index contributed by atoms with van der Waals surface area (Å²) >= 11 is 1.56. The lowest BCUT2D eigenvalue weighted by atomic mass is 10.2. The van der Waals surface area contributed by atoms with Crippen LogP contribution in [0, 0.1) is 20.8 Å². The quantitative estimate of drug-likeness (QED) is 0.799. The van der Waals surface area contributed by atoms with Gasteiger partial charge in [0.1, 0.15) is 0 Å². The fourth-order valence-corrected chi connectivity index (χ4v) is 2.88. The van der Waals surface area contributed by atoms with Gasteiger partial charge in [0.15, 0.2) is 0 Å². The van der Waals surface area contributed by atoms with Gasteiger partial charge in [-0.15, -0.1) is 16.4 Å². The molecule has 0 saturated heterocycles. The monoisotopic (exact) mass is 316 g/mol. The lowest BCUT2D eigenvalue weighted by Crippen LogP contribution is -2.27. The van der Waals surface area contributed by atoms with E-state index >= 15 is 0 Å². The number of carbonyl (C=O) groups excluding carboxylic acids is 1. The van der Waals surface area contributed by atoms with Gasteiger partial charge in [0, 0.05) is 16.8 Å². The molecule has 0 radical (unpaired) electrons. The number of amides is 1. The van der Waals surface area contributed by atoms with Crippen molar-refractivity contribution in [2.24, 2.45) is 0 Å². The van der Waals surface area contributed by atoms with Crippen molar-refractivity contribution in [1.82, 2.24) is 29.9 Å². The normalized spacial score (nSPS) is 12.5. The van der Waals surface area contributed by atoms with Crippen molar-refractivity contribution in [3.8, 4) is 0 Å². The van der Waals surface area contributed by atoms with E-state index in [9.17, 15) is 4.79 Å². The molecule has 0 bridgehead atoms. The second-order valence-electron chi connectivity index (χ2n) is 5.17. The van der Waals surface area contributed by atoms with Crippen molar-refractivity contribution in [1.29, 1.82) is 0 Å². The molecule has 0 aromatic carbocycles. The Morgan fingerprint density at radius 3 is 2.73 bits per heavy atom. The molecular weight excluding hydrogens is 300 g/mol. The number of thiazole rings is 1. The van der Waals surface area contributed by atoms with Gasteiger partial charge in [-0.2, -0.15) is 4.98 Å². The van der Waals surface area contributed by atoms with Gasteiger partial charge in [-0.3, -0.25) is 4.79 Å². The highest BCUT2D eigenvalue weighted by Crippen LogP contribution is 2.16. The van der Waals surface area contributed by atoms with E-state index in [1.54, 1.807) is 15.9 Å². The highest BCUT2D eigenvalue weighted by molar-refractivity contribution is 7.09. The van der Waals surface area contributed by atoms with E-state index in [1.807, 2.05) is 39.1 Å². The van der Waals surface area contributed by atoms with E-state index in [2.05, 4.69) is 25.4 Å². The van der Waals surface area contributed by atoms with Crippen LogP contribution in [0.15, 0.2) is 11.4 Å². The standard InChI is InChI=1S/C14H16N6OS/c1-7-5-8(2)20-14(15-7)18-12(19-20)13(21)16-9(3)11-6-22-10(4)17-11/h5-6,9H,1-4H3,(H,16,21). The first-order valence-electron chi connectivity index (χ1n) is 6.88. The molecule has 3 rings (SSSR count). The average Bonchev–Trinajstić information content (AvgIpc) is 3.04. The van der Waals surface area contributed by atoms with E-state index in [0.29, 0.717) is 5.78 Å². The van der Waals surface area contributed by atoms with E-state index in [1.165, 1.54) is 0 Å². The number of aromatic nitrogens is 5. The van der Waals surface area contributed by atoms with Crippen LogP contribution in [-0.2, 0) is 0 Å². The second kappa shape index (κ2) is 5.45. The minimum absolute atomic E-state index is 0.111. The summed E-state index contributed by atoms with van der Waals surface area (Å²) < 4.78 is 1.57. The van der Waals surface area contributed by atoms with Crippen molar-refractivity contribution < 1.29 is 4.79 Å². The highest BCUT2D eigenvalue weighted by Gasteiger charge is 2.18. The molecule has 8 heteroatoms. The van der Waals surface area contributed by atoms with Crippen LogP contribution in [0.25, 0.3) is 5.78 Å². The van der Waals surface area contributed by atoms with E-state index in [0.717, 1.165) is 22.1 Å². The van der Waals surface area contributed by atoms with Gasteiger partial charge in [0.25, 0.3) is 11.7 Å². The summed E-state index contributed by atoms with van der Waals surface area (Å²) in [5.41, 5.74) is 2.57. The number of fused-ring (bicyclic) bond motifs is 1. The number of nitrogens with zero attached hydrogens (tertiary/aromatic N) is 5. The van der Waals surface area contributed by atoms with Crippen molar-refractivity contribution >= 4 is 23.0 Å². The highest BCUT2D eigenvalue weighted by atomic mass is 32.1. The summed E-state index contributed by atoms with van der Waals surface area (Å²) in [5, 5.41) is 9.99. The molecule has 0 fully saturated rings. The minimum atomic E-state index is -0.333. The minimum Gasteiger partial charge on any atom is -0.341 e. The number of hydrogen-bond acceptors (Lipinski definition) is 6. The maximum absolute atomic E-state index is 12.3. The Morgan fingerprint density at radius 2 is 2.05 bits per heavy atom. The first-order valence-corrected chi connectivity index (χ1v) is 7.76. The van der Waals surface area contributed by atoms with Gasteiger partial charge >= 0.3 is 0 Å². The second-order valence-corrected chi connectivity index (χ2v) is 6.23. The molecule has 3 aromatic heterocycles. The fraction of sp³-hybridized carbons (Fsp3) is 0.357. The Balaban J connectivity index is 1.84. The fourth-order valence-electron chi connectivity index (χ4n) is 2.18. The van der Waals surface area contributed by atoms with Gasteiger partial charge in [-0.05, 0) is 33.8 Å². The Labute approximate surface area is 131 Å². The van der Waals surface area contributed by atoms with Gasteiger partial charge < -0.3 is 5.32 Å². The summed E-state index contributed by atoms with van der Waals surface area (Å²) in [4.78, 5) is 25.1. The van der Waals surface area contributed by atoms with Crippen LogP contribution in [0.3, 0.4) is 0 Å². The molecule has 1 atom stereocenters. The van der Waals surface area contributed by atoms with Gasteiger partial charge in [-0.25, -0.2) is 14.5 Å². The lowest BCUT2D eigenvalue weighted by molar-refractivity contribution is 0.0929. The van der Waals surface area contributed by atoms with Crippen LogP contribution in [0.2, 0.25) is 0 Å². The van der Waals surface area contributed by atoms with Crippen LogP contribution < -0.4 is 5.32 Å². The molecule has 0 aliphatic rings. The largest absolute Gasteiger partial charge is 0.341 e. The Bertz CT molecular complexity index is 852. The summed E-state index contributed by atoms with van der Waals surface area (Å²) in [5.74, 6) is 0.209. The van der Waals surface area contributed by atoms with E-state index < -0.39 is 0 Å². The van der Waals surface area contributed by atoms with Crippen molar-refractivity contribution in [2.75, 3.05) is 0 Å². The predicted octanol–water partition coefficient (Wildman–Crippen LogP) is 2.00. The van der Waals surface area contributed by atoms with Crippen molar-refractivity contribution in [2.45, 2.75) is 33.7 Å². The summed E-state index contributed by atoms with van der Waals surface area (Å²) in [6.45, 7) is 7.60. The molecule has 114 valence electrons. The van der Waals surface area contributed by atoms with Gasteiger partial charge in [-0.1, -0.05) is 0 Å². The number of hydrogen-bond donors (Lipinski definition) is 1. The lowest BCUT2D eigenvalue weighted by Gasteiger charge is -2.09. The Kier molecular flexibility index (Phi) is 3.61. The zero-order valence-corrected chi connectivity index (χ0v) is 13.6. The predicted molar refractivity (Wildman–Crippen MR) is 83.0 cm³/mol. The molecule has 0 aliphatic heterocycles. The maximum atomic E-state index is 12.3. The third-order valence-corrected chi connectivity index (χ3v) is 4.04. The molecular formula is C14H16N6OS. The van der Waals surface area contributed by atoms with Gasteiger partial charge in [0.2, 0.25) is 5.82 Å². The van der Waals surface area contributed by atoms with Crippen LogP contribution in [0.4, 0.5) is 0 Å². The summed E-state index contributed by atoms with van der Waals surface area (Å²) in [7, 11) is 0. The van der Waals surface area contributed by atoms with E-state index in [4.69, 9.17) is 0 Å². The molecule has 7 nitrogen and oxygen atoms in total. The number of carbonyl (C=O) groups is 1. The zero-order chi connectivity index (χ0) is 15.9. The maximum Gasteiger partial charge on any atom is 0.291 e. The van der Waals surface area contributed by atoms with Gasteiger partial charge in [0.05, 0.1) is 16.7 Å². The molecule has 3 heterocycles. The smallest absolute Gasteiger partial charge is 0.291 e. The number of nitrogens with one attached hydrogen (secondary N) is 1. The van der Waals surface area contributed by atoms with Crippen LogP contribution in [0.1, 0.15) is 45.7 Å². The molecule has 0 aliphatic carbocycles. The molecule has 0 saturated carbocycles. The zero-order valence-electron chi connectivity index (χ0n) is 12.8. The Hall–Kier alpha value is -2.35. The average molecular weight is 316 g/mol. The molecule has 3 aromatic rings. The van der Waals surface area contributed by atoms with Crippen LogP contribution >= 0.6 is 11.3 Å². The van der Waals surface area contributed by atoms with Crippen LogP contribution in [-0.4, -0.2) is 30.5 Å². The molecule has 1 N–H and O–H groups in total. The molecule has 22 heavy (non-hydrogen) atoms. The first-order chi connectivity index (χ1) is 10.4. The SMILES string of the molecule is Cc1cc(C)n2nc(C(=O)NC(C)c3csc(C)n3)nc2n1.